The van der Waals surface area contributed by atoms with Gasteiger partial charge in [-0.15, -0.1) is 11.8 Å². The summed E-state index contributed by atoms with van der Waals surface area (Å²) in [6, 6.07) is 8.26. The molecule has 1 aromatic carbocycles. The van der Waals surface area contributed by atoms with Gasteiger partial charge in [-0.3, -0.25) is 4.79 Å². The third kappa shape index (κ3) is 2.65. The van der Waals surface area contributed by atoms with Gasteiger partial charge in [-0.05, 0) is 37.3 Å². The summed E-state index contributed by atoms with van der Waals surface area (Å²) in [4.78, 5) is 18.1. The van der Waals surface area contributed by atoms with Gasteiger partial charge in [0, 0.05) is 17.1 Å². The average Bonchev–Trinajstić information content (AvgIpc) is 3.12. The molecule has 0 bridgehead atoms. The van der Waals surface area contributed by atoms with Crippen molar-refractivity contribution in [1.82, 2.24) is 10.3 Å². The zero-order valence-electron chi connectivity index (χ0n) is 12.5. The number of nitrogens with zero attached hydrogens (tertiary/aromatic N) is 1. The van der Waals surface area contributed by atoms with Gasteiger partial charge in [0.25, 0.3) is 5.91 Å². The van der Waals surface area contributed by atoms with Crippen LogP contribution >= 0.6 is 11.8 Å². The van der Waals surface area contributed by atoms with Crippen molar-refractivity contribution in [2.75, 3.05) is 5.75 Å². The van der Waals surface area contributed by atoms with Crippen LogP contribution in [0.25, 0.3) is 0 Å². The number of carbonyl (C=O) groups excluding carboxylic acids is 1. The van der Waals surface area contributed by atoms with Gasteiger partial charge >= 0.3 is 0 Å². The molecule has 1 fully saturated rings. The second-order valence-corrected chi connectivity index (χ2v) is 7.11. The maximum Gasteiger partial charge on any atom is 0.289 e. The lowest BCUT2D eigenvalue weighted by Gasteiger charge is -2.12. The Hall–Kier alpha value is -1.75. The first-order chi connectivity index (χ1) is 10.7. The Balaban J connectivity index is 1.49. The van der Waals surface area contributed by atoms with E-state index in [9.17, 15) is 4.79 Å². The number of oxazole rings is 1. The lowest BCUT2D eigenvalue weighted by atomic mass is 10.1. The molecule has 5 heteroatoms. The molecule has 1 atom stereocenters. The van der Waals surface area contributed by atoms with Gasteiger partial charge in [0.1, 0.15) is 0 Å². The molecule has 1 N–H and O–H groups in total. The normalized spacial score (nSPS) is 20.0. The summed E-state index contributed by atoms with van der Waals surface area (Å²) >= 11 is 1.78. The zero-order chi connectivity index (χ0) is 15.1. The standard InChI is InChI=1S/C17H18N2O2S/c1-10-16(21-15(18-10)8-11-6-7-11)17(20)19-13-9-22-14-5-3-2-4-12(13)14/h2-5,11,13H,6-9H2,1H3,(H,19,20). The van der Waals surface area contributed by atoms with Crippen LogP contribution in [0.4, 0.5) is 0 Å². The van der Waals surface area contributed by atoms with Crippen LogP contribution in [-0.4, -0.2) is 16.6 Å². The molecular weight excluding hydrogens is 296 g/mol. The van der Waals surface area contributed by atoms with Crippen molar-refractivity contribution in [3.8, 4) is 0 Å². The molecule has 1 aromatic heterocycles. The number of hydrogen-bond acceptors (Lipinski definition) is 4. The van der Waals surface area contributed by atoms with Crippen LogP contribution in [0.2, 0.25) is 0 Å². The van der Waals surface area contributed by atoms with E-state index in [0.717, 1.165) is 12.2 Å². The minimum absolute atomic E-state index is 0.0464. The van der Waals surface area contributed by atoms with E-state index in [1.54, 1.807) is 11.8 Å². The van der Waals surface area contributed by atoms with E-state index in [1.807, 2.05) is 19.1 Å². The van der Waals surface area contributed by atoms with E-state index < -0.39 is 0 Å². The van der Waals surface area contributed by atoms with Gasteiger partial charge in [-0.1, -0.05) is 18.2 Å². The number of thioether (sulfide) groups is 1. The van der Waals surface area contributed by atoms with E-state index >= 15 is 0 Å². The minimum Gasteiger partial charge on any atom is -0.435 e. The van der Waals surface area contributed by atoms with Crippen LogP contribution in [0.15, 0.2) is 33.6 Å². The predicted octanol–water partition coefficient (Wildman–Crippen LogP) is 3.51. The van der Waals surface area contributed by atoms with Crippen molar-refractivity contribution >= 4 is 17.7 Å². The Morgan fingerprint density at radius 1 is 1.41 bits per heavy atom. The van der Waals surface area contributed by atoms with Crippen molar-refractivity contribution in [3.05, 3.63) is 47.2 Å². The molecule has 2 heterocycles. The van der Waals surface area contributed by atoms with E-state index in [4.69, 9.17) is 4.42 Å². The summed E-state index contributed by atoms with van der Waals surface area (Å²) in [6.45, 7) is 1.84. The smallest absolute Gasteiger partial charge is 0.289 e. The van der Waals surface area contributed by atoms with Crippen LogP contribution in [0.3, 0.4) is 0 Å². The number of aryl methyl sites for hydroxylation is 1. The fourth-order valence-electron chi connectivity index (χ4n) is 2.83. The number of fused-ring (bicyclic) bond motifs is 1. The molecule has 1 aliphatic carbocycles. The number of aromatic nitrogens is 1. The van der Waals surface area contributed by atoms with Crippen LogP contribution in [-0.2, 0) is 6.42 Å². The van der Waals surface area contributed by atoms with E-state index in [1.165, 1.54) is 23.3 Å². The van der Waals surface area contributed by atoms with Gasteiger partial charge in [0.2, 0.25) is 5.76 Å². The maximum atomic E-state index is 12.5. The SMILES string of the molecule is Cc1nc(CC2CC2)oc1C(=O)NC1CSc2ccccc21. The lowest BCUT2D eigenvalue weighted by molar-refractivity contribution is 0.0910. The first-order valence-corrected chi connectivity index (χ1v) is 8.68. The Morgan fingerprint density at radius 2 is 2.23 bits per heavy atom. The van der Waals surface area contributed by atoms with E-state index in [0.29, 0.717) is 23.3 Å². The molecule has 1 unspecified atom stereocenters. The first kappa shape index (κ1) is 13.9. The number of amides is 1. The topological polar surface area (TPSA) is 55.1 Å². The molecule has 4 rings (SSSR count). The summed E-state index contributed by atoms with van der Waals surface area (Å²) in [7, 11) is 0. The van der Waals surface area contributed by atoms with Gasteiger partial charge in [0.15, 0.2) is 5.89 Å². The number of rotatable bonds is 4. The maximum absolute atomic E-state index is 12.5. The number of carbonyl (C=O) groups is 1. The Kier molecular flexibility index (Phi) is 3.45. The average molecular weight is 314 g/mol. The third-order valence-corrected chi connectivity index (χ3v) is 5.40. The highest BCUT2D eigenvalue weighted by atomic mass is 32.2. The molecule has 4 nitrogen and oxygen atoms in total. The highest BCUT2D eigenvalue weighted by Gasteiger charge is 2.28. The summed E-state index contributed by atoms with van der Waals surface area (Å²) in [5.74, 6) is 2.48. The summed E-state index contributed by atoms with van der Waals surface area (Å²) in [5.41, 5.74) is 1.88. The fourth-order valence-corrected chi connectivity index (χ4v) is 3.99. The van der Waals surface area contributed by atoms with Crippen molar-refractivity contribution < 1.29 is 9.21 Å². The van der Waals surface area contributed by atoms with E-state index in [2.05, 4.69) is 22.4 Å². The quantitative estimate of drug-likeness (QED) is 0.938. The van der Waals surface area contributed by atoms with Gasteiger partial charge in [-0.2, -0.15) is 0 Å². The number of hydrogen-bond donors (Lipinski definition) is 1. The summed E-state index contributed by atoms with van der Waals surface area (Å²) in [6.07, 6.45) is 3.36. The molecule has 0 radical (unpaired) electrons. The molecular formula is C17H18N2O2S. The van der Waals surface area contributed by atoms with Crippen LogP contribution in [0.1, 0.15) is 46.6 Å². The second-order valence-electron chi connectivity index (χ2n) is 6.04. The molecule has 1 saturated carbocycles. The monoisotopic (exact) mass is 314 g/mol. The number of nitrogens with one attached hydrogen (secondary N) is 1. The molecule has 0 spiro atoms. The van der Waals surface area contributed by atoms with Crippen molar-refractivity contribution in [3.63, 3.8) is 0 Å². The second kappa shape index (κ2) is 5.47. The molecule has 1 aliphatic heterocycles. The van der Waals surface area contributed by atoms with Crippen LogP contribution in [0.5, 0.6) is 0 Å². The molecule has 1 amide bonds. The van der Waals surface area contributed by atoms with E-state index in [-0.39, 0.29) is 11.9 Å². The van der Waals surface area contributed by atoms with Crippen LogP contribution < -0.4 is 5.32 Å². The molecule has 0 saturated heterocycles. The van der Waals surface area contributed by atoms with Gasteiger partial charge < -0.3 is 9.73 Å². The predicted molar refractivity (Wildman–Crippen MR) is 85.0 cm³/mol. The molecule has 2 aromatic rings. The van der Waals surface area contributed by atoms with Gasteiger partial charge in [0.05, 0.1) is 11.7 Å². The fraction of sp³-hybridized carbons (Fsp3) is 0.412. The van der Waals surface area contributed by atoms with Gasteiger partial charge in [-0.25, -0.2) is 4.98 Å². The van der Waals surface area contributed by atoms with Crippen molar-refractivity contribution in [2.45, 2.75) is 37.1 Å². The summed E-state index contributed by atoms with van der Waals surface area (Å²) in [5, 5.41) is 3.08. The largest absolute Gasteiger partial charge is 0.435 e. The highest BCUT2D eigenvalue weighted by molar-refractivity contribution is 7.99. The van der Waals surface area contributed by atoms with Crippen molar-refractivity contribution in [2.24, 2.45) is 5.92 Å². The Morgan fingerprint density at radius 3 is 3.05 bits per heavy atom. The molecule has 22 heavy (non-hydrogen) atoms. The van der Waals surface area contributed by atoms with Crippen LogP contribution in [0, 0.1) is 12.8 Å². The molecule has 114 valence electrons. The minimum atomic E-state index is -0.158. The zero-order valence-corrected chi connectivity index (χ0v) is 13.3. The molecule has 2 aliphatic rings. The Labute approximate surface area is 133 Å². The highest BCUT2D eigenvalue weighted by Crippen LogP contribution is 2.38. The third-order valence-electron chi connectivity index (χ3n) is 4.21. The van der Waals surface area contributed by atoms with Crippen molar-refractivity contribution in [1.29, 1.82) is 0 Å². The Bertz CT molecular complexity index is 721. The summed E-state index contributed by atoms with van der Waals surface area (Å²) < 4.78 is 5.70. The number of benzene rings is 1. The first-order valence-electron chi connectivity index (χ1n) is 7.69. The lowest BCUT2D eigenvalue weighted by Crippen LogP contribution is -2.28.